The summed E-state index contributed by atoms with van der Waals surface area (Å²) in [6.07, 6.45) is 4.14. The molecule has 0 radical (unpaired) electrons. The second kappa shape index (κ2) is 6.19. The van der Waals surface area contributed by atoms with Gasteiger partial charge in [-0.15, -0.1) is 0 Å². The number of aliphatic imine (C=N–C) groups is 1. The van der Waals surface area contributed by atoms with Gasteiger partial charge >= 0.3 is 0 Å². The highest BCUT2D eigenvalue weighted by atomic mass is 32.2. The van der Waals surface area contributed by atoms with Gasteiger partial charge < -0.3 is 9.73 Å². The standard InChI is InChI=1S/C16H14N2O3S/c1-10-2-4-13-12(8-10)15(20)11(9-21-13)3-5-14(19)18-16-17-6-7-22-16/h2-5,8-9H,6-7H2,1H3,(H,17,18,19)/b5-3+. The number of rotatable bonds is 2. The van der Waals surface area contributed by atoms with Gasteiger partial charge in [-0.2, -0.15) is 0 Å². The van der Waals surface area contributed by atoms with Crippen LogP contribution in [0, 0.1) is 6.92 Å². The molecule has 22 heavy (non-hydrogen) atoms. The molecule has 1 N–H and O–H groups in total. The lowest BCUT2D eigenvalue weighted by molar-refractivity contribution is -0.115. The summed E-state index contributed by atoms with van der Waals surface area (Å²) in [4.78, 5) is 28.3. The summed E-state index contributed by atoms with van der Waals surface area (Å²) in [5.74, 6) is 0.573. The van der Waals surface area contributed by atoms with Crippen molar-refractivity contribution in [3.05, 3.63) is 51.9 Å². The van der Waals surface area contributed by atoms with Crippen molar-refractivity contribution >= 4 is 39.9 Å². The molecule has 0 fully saturated rings. The minimum atomic E-state index is -0.308. The van der Waals surface area contributed by atoms with Crippen LogP contribution in [0.3, 0.4) is 0 Å². The van der Waals surface area contributed by atoms with Crippen molar-refractivity contribution in [1.82, 2.24) is 5.32 Å². The minimum absolute atomic E-state index is 0.151. The largest absolute Gasteiger partial charge is 0.463 e. The number of fused-ring (bicyclic) bond motifs is 1. The van der Waals surface area contributed by atoms with Crippen molar-refractivity contribution in [2.75, 3.05) is 12.3 Å². The Morgan fingerprint density at radius 2 is 2.32 bits per heavy atom. The predicted molar refractivity (Wildman–Crippen MR) is 89.2 cm³/mol. The molecule has 112 valence electrons. The lowest BCUT2D eigenvalue weighted by Crippen LogP contribution is -2.25. The maximum Gasteiger partial charge on any atom is 0.249 e. The third-order valence-electron chi connectivity index (χ3n) is 3.18. The molecule has 0 aliphatic carbocycles. The van der Waals surface area contributed by atoms with Crippen LogP contribution in [0.2, 0.25) is 0 Å². The molecule has 1 aliphatic heterocycles. The lowest BCUT2D eigenvalue weighted by Gasteiger charge is -2.00. The van der Waals surface area contributed by atoms with Crippen molar-refractivity contribution < 1.29 is 9.21 Å². The molecule has 0 unspecified atom stereocenters. The van der Waals surface area contributed by atoms with Crippen molar-refractivity contribution in [3.8, 4) is 0 Å². The zero-order chi connectivity index (χ0) is 15.5. The maximum atomic E-state index is 12.4. The Balaban J connectivity index is 1.84. The molecule has 3 rings (SSSR count). The Labute approximate surface area is 131 Å². The van der Waals surface area contributed by atoms with Gasteiger partial charge in [-0.05, 0) is 25.1 Å². The fourth-order valence-electron chi connectivity index (χ4n) is 2.10. The SMILES string of the molecule is Cc1ccc2occ(/C=C/C(=O)NC3=NCCS3)c(=O)c2c1. The van der Waals surface area contributed by atoms with E-state index in [0.29, 0.717) is 21.7 Å². The Bertz CT molecular complexity index is 852. The van der Waals surface area contributed by atoms with Crippen LogP contribution in [-0.2, 0) is 4.79 Å². The number of hydrogen-bond donors (Lipinski definition) is 1. The van der Waals surface area contributed by atoms with Crippen LogP contribution in [0.1, 0.15) is 11.1 Å². The zero-order valence-electron chi connectivity index (χ0n) is 12.0. The highest BCUT2D eigenvalue weighted by Gasteiger charge is 2.09. The first-order chi connectivity index (χ1) is 10.6. The molecule has 1 aromatic carbocycles. The third-order valence-corrected chi connectivity index (χ3v) is 4.08. The summed E-state index contributed by atoms with van der Waals surface area (Å²) in [6.45, 7) is 2.63. The van der Waals surface area contributed by atoms with Gasteiger partial charge in [0.1, 0.15) is 11.8 Å². The van der Waals surface area contributed by atoms with Crippen LogP contribution < -0.4 is 10.7 Å². The van der Waals surface area contributed by atoms with E-state index >= 15 is 0 Å². The highest BCUT2D eigenvalue weighted by molar-refractivity contribution is 8.14. The second-order valence-electron chi connectivity index (χ2n) is 4.88. The van der Waals surface area contributed by atoms with E-state index in [0.717, 1.165) is 17.9 Å². The molecule has 0 saturated heterocycles. The molecule has 1 aliphatic rings. The molecule has 5 nitrogen and oxygen atoms in total. The highest BCUT2D eigenvalue weighted by Crippen LogP contribution is 2.14. The van der Waals surface area contributed by atoms with Crippen molar-refractivity contribution in [2.45, 2.75) is 6.92 Å². The normalized spacial score (nSPS) is 14.5. The fourth-order valence-corrected chi connectivity index (χ4v) is 2.83. The van der Waals surface area contributed by atoms with E-state index in [1.54, 1.807) is 12.1 Å². The molecular formula is C16H14N2O3S. The topological polar surface area (TPSA) is 71.7 Å². The number of benzene rings is 1. The summed E-state index contributed by atoms with van der Waals surface area (Å²) >= 11 is 1.50. The number of carbonyl (C=O) groups is 1. The predicted octanol–water partition coefficient (Wildman–Crippen LogP) is 2.33. The molecule has 0 spiro atoms. The summed E-state index contributed by atoms with van der Waals surface area (Å²) < 4.78 is 5.43. The van der Waals surface area contributed by atoms with E-state index in [4.69, 9.17) is 4.42 Å². The van der Waals surface area contributed by atoms with Crippen LogP contribution in [0.25, 0.3) is 17.0 Å². The summed E-state index contributed by atoms with van der Waals surface area (Å²) in [6, 6.07) is 5.43. The van der Waals surface area contributed by atoms with E-state index in [9.17, 15) is 9.59 Å². The van der Waals surface area contributed by atoms with E-state index < -0.39 is 0 Å². The van der Waals surface area contributed by atoms with E-state index in [-0.39, 0.29) is 11.3 Å². The Kier molecular flexibility index (Phi) is 4.11. The number of nitrogens with one attached hydrogen (secondary N) is 1. The van der Waals surface area contributed by atoms with Crippen molar-refractivity contribution in [3.63, 3.8) is 0 Å². The van der Waals surface area contributed by atoms with Gasteiger partial charge in [0.25, 0.3) is 0 Å². The smallest absolute Gasteiger partial charge is 0.249 e. The zero-order valence-corrected chi connectivity index (χ0v) is 12.8. The average Bonchev–Trinajstić information content (AvgIpc) is 3.00. The van der Waals surface area contributed by atoms with Crippen LogP contribution in [0.15, 0.2) is 44.7 Å². The van der Waals surface area contributed by atoms with Gasteiger partial charge in [-0.1, -0.05) is 23.4 Å². The van der Waals surface area contributed by atoms with E-state index in [2.05, 4.69) is 10.3 Å². The Morgan fingerprint density at radius 3 is 3.09 bits per heavy atom. The van der Waals surface area contributed by atoms with Crippen LogP contribution in [0.4, 0.5) is 0 Å². The van der Waals surface area contributed by atoms with Crippen molar-refractivity contribution in [1.29, 1.82) is 0 Å². The van der Waals surface area contributed by atoms with Gasteiger partial charge in [-0.25, -0.2) is 0 Å². The number of amides is 1. The van der Waals surface area contributed by atoms with E-state index in [1.807, 2.05) is 13.0 Å². The molecule has 1 aromatic heterocycles. The van der Waals surface area contributed by atoms with Crippen LogP contribution in [-0.4, -0.2) is 23.4 Å². The average molecular weight is 314 g/mol. The number of hydrogen-bond acceptors (Lipinski definition) is 5. The molecule has 0 bridgehead atoms. The maximum absolute atomic E-state index is 12.4. The molecule has 2 heterocycles. The number of carbonyl (C=O) groups excluding carboxylic acids is 1. The number of aryl methyl sites for hydroxylation is 1. The first kappa shape index (κ1) is 14.6. The van der Waals surface area contributed by atoms with Crippen LogP contribution >= 0.6 is 11.8 Å². The van der Waals surface area contributed by atoms with E-state index in [1.165, 1.54) is 30.2 Å². The second-order valence-corrected chi connectivity index (χ2v) is 5.96. The fraction of sp³-hybridized carbons (Fsp3) is 0.188. The quantitative estimate of drug-likeness (QED) is 0.864. The molecule has 1 amide bonds. The summed E-state index contributed by atoms with van der Waals surface area (Å²) in [5, 5.41) is 3.80. The molecule has 0 saturated carbocycles. The van der Waals surface area contributed by atoms with Gasteiger partial charge in [0.15, 0.2) is 10.6 Å². The Hall–Kier alpha value is -2.34. The summed E-state index contributed by atoms with van der Waals surface area (Å²) in [7, 11) is 0. The monoisotopic (exact) mass is 314 g/mol. The number of nitrogens with zero attached hydrogens (tertiary/aromatic N) is 1. The molecule has 6 heteroatoms. The third kappa shape index (κ3) is 3.12. The van der Waals surface area contributed by atoms with Crippen molar-refractivity contribution in [2.24, 2.45) is 4.99 Å². The van der Waals surface area contributed by atoms with Crippen LogP contribution in [0.5, 0.6) is 0 Å². The minimum Gasteiger partial charge on any atom is -0.463 e. The number of amidine groups is 1. The lowest BCUT2D eigenvalue weighted by atomic mass is 10.1. The van der Waals surface area contributed by atoms with Gasteiger partial charge in [0.2, 0.25) is 5.91 Å². The van der Waals surface area contributed by atoms with Gasteiger partial charge in [0, 0.05) is 11.8 Å². The van der Waals surface area contributed by atoms with Gasteiger partial charge in [0.05, 0.1) is 17.5 Å². The number of thioether (sulfide) groups is 1. The summed E-state index contributed by atoms with van der Waals surface area (Å²) in [5.41, 5.74) is 1.71. The Morgan fingerprint density at radius 1 is 1.45 bits per heavy atom. The first-order valence-corrected chi connectivity index (χ1v) is 7.80. The molecular weight excluding hydrogens is 300 g/mol. The first-order valence-electron chi connectivity index (χ1n) is 6.82. The van der Waals surface area contributed by atoms with Gasteiger partial charge in [-0.3, -0.25) is 14.6 Å². The molecule has 0 atom stereocenters. The molecule has 2 aromatic rings.